The van der Waals surface area contributed by atoms with Crippen LogP contribution >= 0.6 is 0 Å². The lowest BCUT2D eigenvalue weighted by molar-refractivity contribution is -0.145. The molecular formula is C21H20O6. The van der Waals surface area contributed by atoms with Crippen LogP contribution in [-0.4, -0.2) is 26.3 Å². The van der Waals surface area contributed by atoms with E-state index in [1.165, 1.54) is 0 Å². The SMILES string of the molecule is CCOC(=O)COc1ccc2oc(=O)c(-c3ccc(OC)cc3)c(C)c2c1. The topological polar surface area (TPSA) is 75.0 Å². The van der Waals surface area contributed by atoms with Crippen molar-refractivity contribution in [1.29, 1.82) is 0 Å². The van der Waals surface area contributed by atoms with Gasteiger partial charge in [0.05, 0.1) is 19.3 Å². The first kappa shape index (κ1) is 18.5. The van der Waals surface area contributed by atoms with Gasteiger partial charge < -0.3 is 18.6 Å². The minimum atomic E-state index is -0.437. The highest BCUT2D eigenvalue weighted by atomic mass is 16.6. The predicted molar refractivity (Wildman–Crippen MR) is 101 cm³/mol. The fourth-order valence-corrected chi connectivity index (χ4v) is 2.86. The number of aryl methyl sites for hydroxylation is 1. The number of carbonyl (C=O) groups is 1. The van der Waals surface area contributed by atoms with Crippen molar-refractivity contribution in [3.05, 3.63) is 58.4 Å². The lowest BCUT2D eigenvalue weighted by atomic mass is 9.99. The summed E-state index contributed by atoms with van der Waals surface area (Å²) in [5, 5.41) is 0.738. The summed E-state index contributed by atoms with van der Waals surface area (Å²) in [6.07, 6.45) is 0. The van der Waals surface area contributed by atoms with Crippen LogP contribution in [0.15, 0.2) is 51.7 Å². The summed E-state index contributed by atoms with van der Waals surface area (Å²) in [6.45, 7) is 3.71. The van der Waals surface area contributed by atoms with Crippen molar-refractivity contribution in [2.75, 3.05) is 20.3 Å². The van der Waals surface area contributed by atoms with Gasteiger partial charge in [-0.2, -0.15) is 0 Å². The molecule has 0 bridgehead atoms. The average Bonchev–Trinajstić information content (AvgIpc) is 2.67. The standard InChI is InChI=1S/C21H20O6/c1-4-25-19(22)12-26-16-9-10-18-17(11-16)13(2)20(21(23)27-18)14-5-7-15(24-3)8-6-14/h5-11H,4,12H2,1-3H3. The Balaban J connectivity index is 2.00. The molecule has 0 aliphatic rings. The summed E-state index contributed by atoms with van der Waals surface area (Å²) in [5.41, 5.74) is 2.03. The monoisotopic (exact) mass is 368 g/mol. The van der Waals surface area contributed by atoms with Gasteiger partial charge in [0.2, 0.25) is 0 Å². The third kappa shape index (κ3) is 3.95. The Morgan fingerprint density at radius 3 is 2.44 bits per heavy atom. The van der Waals surface area contributed by atoms with Crippen molar-refractivity contribution in [2.24, 2.45) is 0 Å². The van der Waals surface area contributed by atoms with Crippen LogP contribution in [0.4, 0.5) is 0 Å². The van der Waals surface area contributed by atoms with E-state index in [1.807, 2.05) is 19.1 Å². The number of carbonyl (C=O) groups excluding carboxylic acids is 1. The summed E-state index contributed by atoms with van der Waals surface area (Å²) < 4.78 is 21.0. The van der Waals surface area contributed by atoms with Crippen molar-refractivity contribution >= 4 is 16.9 Å². The highest BCUT2D eigenvalue weighted by molar-refractivity contribution is 5.87. The Kier molecular flexibility index (Phi) is 5.45. The summed E-state index contributed by atoms with van der Waals surface area (Å²) in [4.78, 5) is 24.0. The fourth-order valence-electron chi connectivity index (χ4n) is 2.86. The van der Waals surface area contributed by atoms with E-state index in [-0.39, 0.29) is 6.61 Å². The number of methoxy groups -OCH3 is 1. The van der Waals surface area contributed by atoms with Crippen LogP contribution in [0.1, 0.15) is 12.5 Å². The molecule has 140 valence electrons. The highest BCUT2D eigenvalue weighted by Crippen LogP contribution is 2.30. The molecule has 6 nitrogen and oxygen atoms in total. The molecule has 27 heavy (non-hydrogen) atoms. The van der Waals surface area contributed by atoms with E-state index < -0.39 is 11.6 Å². The molecule has 0 fully saturated rings. The van der Waals surface area contributed by atoms with E-state index in [4.69, 9.17) is 18.6 Å². The zero-order valence-electron chi connectivity index (χ0n) is 15.4. The maximum atomic E-state index is 12.5. The predicted octanol–water partition coefficient (Wildman–Crippen LogP) is 3.72. The lowest BCUT2D eigenvalue weighted by Crippen LogP contribution is -2.14. The summed E-state index contributed by atoms with van der Waals surface area (Å²) in [5.74, 6) is 0.761. The number of rotatable bonds is 6. The molecule has 6 heteroatoms. The molecule has 0 saturated carbocycles. The largest absolute Gasteiger partial charge is 0.497 e. The number of hydrogen-bond acceptors (Lipinski definition) is 6. The molecule has 0 radical (unpaired) electrons. The first-order valence-corrected chi connectivity index (χ1v) is 8.53. The highest BCUT2D eigenvalue weighted by Gasteiger charge is 2.14. The number of fused-ring (bicyclic) bond motifs is 1. The maximum absolute atomic E-state index is 12.5. The lowest BCUT2D eigenvalue weighted by Gasteiger charge is -2.11. The van der Waals surface area contributed by atoms with Crippen LogP contribution in [0.3, 0.4) is 0 Å². The quantitative estimate of drug-likeness (QED) is 0.488. The molecule has 0 aliphatic carbocycles. The summed E-state index contributed by atoms with van der Waals surface area (Å²) in [6, 6.07) is 12.3. The van der Waals surface area contributed by atoms with Crippen LogP contribution in [0, 0.1) is 6.92 Å². The fraction of sp³-hybridized carbons (Fsp3) is 0.238. The Morgan fingerprint density at radius 1 is 1.07 bits per heavy atom. The van der Waals surface area contributed by atoms with Crippen molar-refractivity contribution < 1.29 is 23.4 Å². The van der Waals surface area contributed by atoms with Gasteiger partial charge in [-0.15, -0.1) is 0 Å². The molecule has 0 spiro atoms. The number of hydrogen-bond donors (Lipinski definition) is 0. The van der Waals surface area contributed by atoms with Crippen LogP contribution in [0.5, 0.6) is 11.5 Å². The van der Waals surface area contributed by atoms with Gasteiger partial charge in [-0.3, -0.25) is 0 Å². The van der Waals surface area contributed by atoms with Crippen LogP contribution in [0.25, 0.3) is 22.1 Å². The molecule has 1 heterocycles. The molecule has 0 atom stereocenters. The minimum absolute atomic E-state index is 0.180. The molecule has 3 rings (SSSR count). The molecule has 0 N–H and O–H groups in total. The second-order valence-corrected chi connectivity index (χ2v) is 5.87. The van der Waals surface area contributed by atoms with Crippen molar-refractivity contribution in [2.45, 2.75) is 13.8 Å². The maximum Gasteiger partial charge on any atom is 0.344 e. The van der Waals surface area contributed by atoms with Gasteiger partial charge in [0.15, 0.2) is 6.61 Å². The normalized spacial score (nSPS) is 10.6. The Hall–Kier alpha value is -3.28. The van der Waals surface area contributed by atoms with Gasteiger partial charge >= 0.3 is 11.6 Å². The van der Waals surface area contributed by atoms with Crippen molar-refractivity contribution in [1.82, 2.24) is 0 Å². The average molecular weight is 368 g/mol. The Morgan fingerprint density at radius 2 is 1.78 bits per heavy atom. The third-order valence-corrected chi connectivity index (χ3v) is 4.18. The van der Waals surface area contributed by atoms with E-state index in [0.717, 1.165) is 16.5 Å². The van der Waals surface area contributed by atoms with Crippen molar-refractivity contribution in [3.8, 4) is 22.6 Å². The second kappa shape index (κ2) is 7.95. The zero-order valence-corrected chi connectivity index (χ0v) is 15.4. The van der Waals surface area contributed by atoms with Gasteiger partial charge in [-0.25, -0.2) is 9.59 Å². The van der Waals surface area contributed by atoms with E-state index >= 15 is 0 Å². The van der Waals surface area contributed by atoms with Gasteiger partial charge in [0, 0.05) is 5.39 Å². The molecule has 1 aromatic heterocycles. The van der Waals surface area contributed by atoms with Crippen LogP contribution < -0.4 is 15.1 Å². The zero-order chi connectivity index (χ0) is 19.4. The smallest absolute Gasteiger partial charge is 0.344 e. The molecular weight excluding hydrogens is 348 g/mol. The van der Waals surface area contributed by atoms with Gasteiger partial charge in [-0.05, 0) is 55.3 Å². The first-order valence-electron chi connectivity index (χ1n) is 8.53. The Bertz CT molecular complexity index is 1020. The van der Waals surface area contributed by atoms with Gasteiger partial charge in [-0.1, -0.05) is 12.1 Å². The van der Waals surface area contributed by atoms with Gasteiger partial charge in [0.1, 0.15) is 17.1 Å². The number of esters is 1. The Labute approximate surface area is 156 Å². The third-order valence-electron chi connectivity index (χ3n) is 4.18. The van der Waals surface area contributed by atoms with Crippen LogP contribution in [-0.2, 0) is 9.53 Å². The number of benzene rings is 2. The second-order valence-electron chi connectivity index (χ2n) is 5.87. The van der Waals surface area contributed by atoms with Crippen molar-refractivity contribution in [3.63, 3.8) is 0 Å². The molecule has 0 unspecified atom stereocenters. The molecule has 2 aromatic carbocycles. The van der Waals surface area contributed by atoms with E-state index in [0.29, 0.717) is 29.3 Å². The molecule has 0 saturated heterocycles. The molecule has 3 aromatic rings. The molecule has 0 amide bonds. The first-order chi connectivity index (χ1) is 13.0. The van der Waals surface area contributed by atoms with E-state index in [9.17, 15) is 9.59 Å². The van der Waals surface area contributed by atoms with Gasteiger partial charge in [0.25, 0.3) is 0 Å². The van der Waals surface area contributed by atoms with E-state index in [1.54, 1.807) is 44.4 Å². The molecule has 0 aliphatic heterocycles. The summed E-state index contributed by atoms with van der Waals surface area (Å²) >= 11 is 0. The summed E-state index contributed by atoms with van der Waals surface area (Å²) in [7, 11) is 1.59. The van der Waals surface area contributed by atoms with Crippen LogP contribution in [0.2, 0.25) is 0 Å². The number of ether oxygens (including phenoxy) is 3. The van der Waals surface area contributed by atoms with E-state index in [2.05, 4.69) is 0 Å². The minimum Gasteiger partial charge on any atom is -0.497 e.